The minimum atomic E-state index is -1.27. The maximum atomic E-state index is 13.3. The molecular weight excluding hydrogens is 625 g/mol. The molecule has 2 aliphatic rings. The predicted octanol–water partition coefficient (Wildman–Crippen LogP) is 7.91. The highest BCUT2D eigenvalue weighted by Crippen LogP contribution is 2.44. The first-order chi connectivity index (χ1) is 23.6. The summed E-state index contributed by atoms with van der Waals surface area (Å²) in [6.45, 7) is 10.6. The Kier molecular flexibility index (Phi) is 10.6. The molecule has 49 heavy (non-hydrogen) atoms. The van der Waals surface area contributed by atoms with Crippen LogP contribution in [0.2, 0.25) is 0 Å². The second kappa shape index (κ2) is 15.1. The van der Waals surface area contributed by atoms with E-state index in [1.54, 1.807) is 12.1 Å². The van der Waals surface area contributed by atoms with Crippen LogP contribution in [0.25, 0.3) is 22.3 Å². The smallest absolute Gasteiger partial charge is 0.337 e. The van der Waals surface area contributed by atoms with Crippen LogP contribution in [0, 0.1) is 18.7 Å². The SMILES string of the molecule is Cc1nc(COCC2COC2)c(-c2ccc(OCCc3ccc(F)cc3)cc2)c(-c2ccc3c(c2)CCCO3)c1C(OC(C)(C)C)C(=O)O. The number of hydrogen-bond donors (Lipinski definition) is 1. The van der Waals surface area contributed by atoms with Crippen molar-refractivity contribution in [2.24, 2.45) is 5.92 Å². The summed E-state index contributed by atoms with van der Waals surface area (Å²) in [7, 11) is 0. The number of carbonyl (C=O) groups is 1. The van der Waals surface area contributed by atoms with Crippen molar-refractivity contribution < 1.29 is 38.0 Å². The first kappa shape index (κ1) is 34.5. The maximum absolute atomic E-state index is 13.3. The summed E-state index contributed by atoms with van der Waals surface area (Å²) in [6, 6.07) is 20.2. The summed E-state index contributed by atoms with van der Waals surface area (Å²) in [5.74, 6) is 0.511. The van der Waals surface area contributed by atoms with E-state index in [2.05, 4.69) is 6.07 Å². The fourth-order valence-corrected chi connectivity index (χ4v) is 6.28. The third-order valence-corrected chi connectivity index (χ3v) is 8.67. The molecule has 0 saturated carbocycles. The normalized spacial score (nSPS) is 15.2. The zero-order valence-electron chi connectivity index (χ0n) is 28.6. The average molecular weight is 670 g/mol. The highest BCUT2D eigenvalue weighted by molar-refractivity contribution is 5.91. The molecule has 8 nitrogen and oxygen atoms in total. The van der Waals surface area contributed by atoms with E-state index >= 15 is 0 Å². The van der Waals surface area contributed by atoms with Gasteiger partial charge in [-0.2, -0.15) is 0 Å². The van der Waals surface area contributed by atoms with Crippen molar-refractivity contribution in [2.75, 3.05) is 33.0 Å². The van der Waals surface area contributed by atoms with E-state index < -0.39 is 17.7 Å². The quantitative estimate of drug-likeness (QED) is 0.153. The van der Waals surface area contributed by atoms with Crippen LogP contribution in [-0.2, 0) is 38.5 Å². The van der Waals surface area contributed by atoms with Crippen LogP contribution in [0.1, 0.15) is 61.4 Å². The lowest BCUT2D eigenvalue weighted by Crippen LogP contribution is -2.31. The molecule has 2 aliphatic heterocycles. The van der Waals surface area contributed by atoms with Crippen LogP contribution in [0.4, 0.5) is 4.39 Å². The van der Waals surface area contributed by atoms with Gasteiger partial charge in [-0.05, 0) is 105 Å². The van der Waals surface area contributed by atoms with Gasteiger partial charge in [0.1, 0.15) is 17.3 Å². The Morgan fingerprint density at radius 2 is 1.76 bits per heavy atom. The van der Waals surface area contributed by atoms with Crippen LogP contribution in [0.15, 0.2) is 66.7 Å². The lowest BCUT2D eigenvalue weighted by atomic mass is 9.85. The van der Waals surface area contributed by atoms with Crippen molar-refractivity contribution >= 4 is 5.97 Å². The van der Waals surface area contributed by atoms with Gasteiger partial charge >= 0.3 is 5.97 Å². The summed E-state index contributed by atoms with van der Waals surface area (Å²) in [6.07, 6.45) is 1.13. The van der Waals surface area contributed by atoms with E-state index in [-0.39, 0.29) is 12.4 Å². The topological polar surface area (TPSA) is 96.3 Å². The molecule has 0 aliphatic carbocycles. The number of carboxylic acid groups (broad SMARTS) is 1. The lowest BCUT2D eigenvalue weighted by molar-refractivity contribution is -0.160. The molecule has 3 heterocycles. The van der Waals surface area contributed by atoms with Crippen molar-refractivity contribution in [3.63, 3.8) is 0 Å². The minimum absolute atomic E-state index is 0.238. The summed E-state index contributed by atoms with van der Waals surface area (Å²) in [4.78, 5) is 18.0. The van der Waals surface area contributed by atoms with Gasteiger partial charge in [0, 0.05) is 29.2 Å². The third kappa shape index (κ3) is 8.47. The zero-order valence-corrected chi connectivity index (χ0v) is 28.6. The Hall–Kier alpha value is -4.31. The van der Waals surface area contributed by atoms with Crippen molar-refractivity contribution in [3.05, 3.63) is 101 Å². The predicted molar refractivity (Wildman–Crippen MR) is 184 cm³/mol. The second-order valence-electron chi connectivity index (χ2n) is 13.7. The molecule has 9 heteroatoms. The zero-order chi connectivity index (χ0) is 34.5. The van der Waals surface area contributed by atoms with Crippen LogP contribution < -0.4 is 9.47 Å². The van der Waals surface area contributed by atoms with Gasteiger partial charge in [-0.3, -0.25) is 4.98 Å². The number of aryl methyl sites for hydroxylation is 2. The maximum Gasteiger partial charge on any atom is 0.337 e. The van der Waals surface area contributed by atoms with Gasteiger partial charge in [0.25, 0.3) is 0 Å². The lowest BCUT2D eigenvalue weighted by Gasteiger charge is -2.30. The number of ether oxygens (including phenoxy) is 5. The molecule has 1 aromatic heterocycles. The molecule has 0 radical (unpaired) electrons. The monoisotopic (exact) mass is 669 g/mol. The number of carboxylic acids is 1. The largest absolute Gasteiger partial charge is 0.493 e. The summed E-state index contributed by atoms with van der Waals surface area (Å²) in [5, 5.41) is 10.6. The molecule has 0 bridgehead atoms. The molecule has 258 valence electrons. The van der Waals surface area contributed by atoms with Gasteiger partial charge in [0.05, 0.1) is 50.9 Å². The standard InChI is InChI=1S/C40H44FNO7/c1-25-35(38(39(43)44)49-40(2,3)4)37(30-11-16-34-29(20-30)6-5-18-48-34)36(33(42-25)24-46-23-27-21-45-22-27)28-9-14-32(15-10-28)47-19-17-26-7-12-31(41)13-8-26/h7-16,20,27,38H,5-6,17-19,21-24H2,1-4H3,(H,43,44). The fourth-order valence-electron chi connectivity index (χ4n) is 6.28. The molecule has 0 amide bonds. The Labute approximate surface area is 287 Å². The van der Waals surface area contributed by atoms with Crippen molar-refractivity contribution in [1.29, 1.82) is 0 Å². The molecule has 1 fully saturated rings. The Morgan fingerprint density at radius 1 is 1.02 bits per heavy atom. The first-order valence-electron chi connectivity index (χ1n) is 16.9. The molecule has 1 unspecified atom stereocenters. The number of halogens is 1. The van der Waals surface area contributed by atoms with E-state index in [0.29, 0.717) is 68.1 Å². The Morgan fingerprint density at radius 3 is 2.43 bits per heavy atom. The highest BCUT2D eigenvalue weighted by Gasteiger charge is 2.34. The van der Waals surface area contributed by atoms with Crippen molar-refractivity contribution in [2.45, 2.75) is 65.3 Å². The van der Waals surface area contributed by atoms with E-state index in [9.17, 15) is 14.3 Å². The highest BCUT2D eigenvalue weighted by atomic mass is 19.1. The van der Waals surface area contributed by atoms with Gasteiger partial charge in [-0.25, -0.2) is 9.18 Å². The molecule has 0 spiro atoms. The molecule has 4 aromatic rings. The van der Waals surface area contributed by atoms with Gasteiger partial charge in [-0.1, -0.05) is 30.3 Å². The minimum Gasteiger partial charge on any atom is -0.493 e. The van der Waals surface area contributed by atoms with Crippen LogP contribution >= 0.6 is 0 Å². The molecule has 6 rings (SSSR count). The van der Waals surface area contributed by atoms with E-state index in [1.807, 2.05) is 64.1 Å². The van der Waals surface area contributed by atoms with Crippen molar-refractivity contribution in [3.8, 4) is 33.8 Å². The van der Waals surface area contributed by atoms with Crippen molar-refractivity contribution in [1.82, 2.24) is 4.98 Å². The van der Waals surface area contributed by atoms with E-state index in [4.69, 9.17) is 28.7 Å². The van der Waals surface area contributed by atoms with Crippen LogP contribution in [-0.4, -0.2) is 54.7 Å². The molecule has 1 N–H and O–H groups in total. The first-order valence-corrected chi connectivity index (χ1v) is 16.9. The van der Waals surface area contributed by atoms with Crippen LogP contribution in [0.5, 0.6) is 11.5 Å². The number of fused-ring (bicyclic) bond motifs is 1. The Balaban J connectivity index is 1.44. The second-order valence-corrected chi connectivity index (χ2v) is 13.7. The summed E-state index contributed by atoms with van der Waals surface area (Å²) in [5.41, 5.74) is 6.32. The fraction of sp³-hybridized carbons (Fsp3) is 0.400. The van der Waals surface area contributed by atoms with E-state index in [0.717, 1.165) is 52.0 Å². The number of aliphatic carboxylic acids is 1. The number of benzene rings is 3. The van der Waals surface area contributed by atoms with Gasteiger partial charge < -0.3 is 28.8 Å². The average Bonchev–Trinajstić information content (AvgIpc) is 3.05. The summed E-state index contributed by atoms with van der Waals surface area (Å²) < 4.78 is 43.1. The molecular formula is C40H44FNO7. The number of nitrogens with zero attached hydrogens (tertiary/aromatic N) is 1. The van der Waals surface area contributed by atoms with Gasteiger partial charge in [0.15, 0.2) is 6.10 Å². The molecule has 3 aromatic carbocycles. The van der Waals surface area contributed by atoms with Gasteiger partial charge in [0.2, 0.25) is 0 Å². The van der Waals surface area contributed by atoms with Gasteiger partial charge in [-0.15, -0.1) is 0 Å². The number of aromatic nitrogens is 1. The molecule has 1 atom stereocenters. The number of rotatable bonds is 13. The summed E-state index contributed by atoms with van der Waals surface area (Å²) >= 11 is 0. The van der Waals surface area contributed by atoms with E-state index in [1.165, 1.54) is 12.1 Å². The number of hydrogen-bond acceptors (Lipinski definition) is 7. The Bertz CT molecular complexity index is 1760. The third-order valence-electron chi connectivity index (χ3n) is 8.67. The molecule has 1 saturated heterocycles. The van der Waals surface area contributed by atoms with Crippen LogP contribution in [0.3, 0.4) is 0 Å². The number of pyridine rings is 1.